The van der Waals surface area contributed by atoms with Gasteiger partial charge in [-0.05, 0) is 35.9 Å². The molecule has 0 bridgehead atoms. The number of rotatable bonds is 6. The summed E-state index contributed by atoms with van der Waals surface area (Å²) in [6.45, 7) is 4.05. The maximum Gasteiger partial charge on any atom is 0.251 e. The standard InChI is InChI=1S/C23H25N3O2/c27-23(20-9-6-10-21(17-20)26-11-4-5-12-26)24-22(19-7-2-1-3-8-19)18-25-13-15-28-16-14-25/h1-12,17,22H,13-16,18H2,(H,24,27). The van der Waals surface area contributed by atoms with Crippen LogP contribution in [0.25, 0.3) is 5.69 Å². The van der Waals surface area contributed by atoms with Crippen LogP contribution < -0.4 is 5.32 Å². The number of carbonyl (C=O) groups is 1. The van der Waals surface area contributed by atoms with E-state index in [-0.39, 0.29) is 11.9 Å². The van der Waals surface area contributed by atoms with Crippen LogP contribution in [0.5, 0.6) is 0 Å². The van der Waals surface area contributed by atoms with E-state index in [2.05, 4.69) is 22.3 Å². The SMILES string of the molecule is O=C(NC(CN1CCOCC1)c1ccccc1)c1cccc(-n2cccc2)c1. The van der Waals surface area contributed by atoms with E-state index in [9.17, 15) is 4.79 Å². The number of morpholine rings is 1. The molecule has 28 heavy (non-hydrogen) atoms. The van der Waals surface area contributed by atoms with Gasteiger partial charge in [-0.15, -0.1) is 0 Å². The van der Waals surface area contributed by atoms with Gasteiger partial charge in [0.05, 0.1) is 19.3 Å². The first-order valence-electron chi connectivity index (χ1n) is 9.69. The van der Waals surface area contributed by atoms with Gasteiger partial charge in [0.1, 0.15) is 0 Å². The normalized spacial score (nSPS) is 15.9. The fourth-order valence-electron chi connectivity index (χ4n) is 3.52. The Morgan fingerprint density at radius 2 is 1.71 bits per heavy atom. The Bertz CT molecular complexity index is 887. The number of nitrogens with zero attached hydrogens (tertiary/aromatic N) is 2. The average Bonchev–Trinajstić information content (AvgIpc) is 3.30. The molecule has 144 valence electrons. The first kappa shape index (κ1) is 18.5. The molecule has 1 N–H and O–H groups in total. The number of benzene rings is 2. The molecule has 3 aromatic rings. The van der Waals surface area contributed by atoms with Gasteiger partial charge in [0.15, 0.2) is 0 Å². The smallest absolute Gasteiger partial charge is 0.251 e. The molecule has 0 spiro atoms. The summed E-state index contributed by atoms with van der Waals surface area (Å²) in [5, 5.41) is 3.24. The molecule has 2 aromatic carbocycles. The Kier molecular flexibility index (Phi) is 5.85. The minimum Gasteiger partial charge on any atom is -0.379 e. The number of ether oxygens (including phenoxy) is 1. The summed E-state index contributed by atoms with van der Waals surface area (Å²) in [5.74, 6) is -0.0591. The summed E-state index contributed by atoms with van der Waals surface area (Å²) in [6.07, 6.45) is 3.95. The zero-order valence-electron chi connectivity index (χ0n) is 15.8. The van der Waals surface area contributed by atoms with Crippen molar-refractivity contribution < 1.29 is 9.53 Å². The predicted molar refractivity (Wildman–Crippen MR) is 110 cm³/mol. The van der Waals surface area contributed by atoms with Gasteiger partial charge >= 0.3 is 0 Å². The summed E-state index contributed by atoms with van der Waals surface area (Å²) in [6, 6.07) is 21.7. The molecule has 0 aliphatic carbocycles. The number of hydrogen-bond acceptors (Lipinski definition) is 3. The molecule has 0 saturated carbocycles. The Balaban J connectivity index is 1.52. The number of aromatic nitrogens is 1. The predicted octanol–water partition coefficient (Wildman–Crippen LogP) is 3.28. The molecule has 5 heteroatoms. The van der Waals surface area contributed by atoms with Gasteiger partial charge in [-0.1, -0.05) is 36.4 Å². The molecule has 1 aromatic heterocycles. The monoisotopic (exact) mass is 375 g/mol. The van der Waals surface area contributed by atoms with Crippen molar-refractivity contribution in [3.05, 3.63) is 90.3 Å². The van der Waals surface area contributed by atoms with E-state index < -0.39 is 0 Å². The second-order valence-electron chi connectivity index (χ2n) is 6.99. The van der Waals surface area contributed by atoms with E-state index >= 15 is 0 Å². The van der Waals surface area contributed by atoms with Gasteiger partial charge in [-0.25, -0.2) is 0 Å². The topological polar surface area (TPSA) is 46.5 Å². The minimum absolute atomic E-state index is 0.0591. The molecule has 1 unspecified atom stereocenters. The van der Waals surface area contributed by atoms with E-state index in [4.69, 9.17) is 4.74 Å². The third kappa shape index (κ3) is 4.50. The largest absolute Gasteiger partial charge is 0.379 e. The molecule has 1 atom stereocenters. The summed E-state index contributed by atoms with van der Waals surface area (Å²) < 4.78 is 7.45. The number of nitrogens with one attached hydrogen (secondary N) is 1. The van der Waals surface area contributed by atoms with Crippen LogP contribution >= 0.6 is 0 Å². The molecule has 0 radical (unpaired) electrons. The zero-order chi connectivity index (χ0) is 19.2. The van der Waals surface area contributed by atoms with Gasteiger partial charge in [0.2, 0.25) is 0 Å². The molecule has 1 amide bonds. The molecular formula is C23H25N3O2. The van der Waals surface area contributed by atoms with Crippen LogP contribution in [-0.2, 0) is 4.74 Å². The lowest BCUT2D eigenvalue weighted by Crippen LogP contribution is -2.43. The average molecular weight is 375 g/mol. The van der Waals surface area contributed by atoms with E-state index in [1.165, 1.54) is 0 Å². The third-order valence-corrected chi connectivity index (χ3v) is 5.06. The third-order valence-electron chi connectivity index (χ3n) is 5.06. The molecule has 1 saturated heterocycles. The van der Waals surface area contributed by atoms with Crippen molar-refractivity contribution in [2.45, 2.75) is 6.04 Å². The van der Waals surface area contributed by atoms with Gasteiger partial charge in [0, 0.05) is 43.3 Å². The molecule has 4 rings (SSSR count). The molecule has 1 aliphatic rings. The minimum atomic E-state index is -0.0676. The first-order chi connectivity index (χ1) is 13.8. The lowest BCUT2D eigenvalue weighted by atomic mass is 10.0. The van der Waals surface area contributed by atoms with Crippen molar-refractivity contribution >= 4 is 5.91 Å². The molecular weight excluding hydrogens is 350 g/mol. The van der Waals surface area contributed by atoms with Crippen LogP contribution in [0.15, 0.2) is 79.1 Å². The Morgan fingerprint density at radius 1 is 0.964 bits per heavy atom. The number of carbonyl (C=O) groups excluding carboxylic acids is 1. The van der Waals surface area contributed by atoms with Gasteiger partial charge in [0.25, 0.3) is 5.91 Å². The van der Waals surface area contributed by atoms with Crippen molar-refractivity contribution in [1.29, 1.82) is 0 Å². The Labute approximate surface area is 165 Å². The highest BCUT2D eigenvalue weighted by Gasteiger charge is 2.20. The zero-order valence-corrected chi connectivity index (χ0v) is 15.8. The summed E-state index contributed by atoms with van der Waals surface area (Å²) in [4.78, 5) is 15.4. The van der Waals surface area contributed by atoms with Crippen LogP contribution in [0.2, 0.25) is 0 Å². The van der Waals surface area contributed by atoms with Gasteiger partial charge < -0.3 is 14.6 Å². The summed E-state index contributed by atoms with van der Waals surface area (Å²) in [5.41, 5.74) is 2.75. The van der Waals surface area contributed by atoms with Crippen molar-refractivity contribution in [3.63, 3.8) is 0 Å². The fourth-order valence-corrected chi connectivity index (χ4v) is 3.52. The van der Waals surface area contributed by atoms with Crippen molar-refractivity contribution in [1.82, 2.24) is 14.8 Å². The quantitative estimate of drug-likeness (QED) is 0.719. The maximum absolute atomic E-state index is 13.0. The lowest BCUT2D eigenvalue weighted by Gasteiger charge is -2.31. The van der Waals surface area contributed by atoms with Crippen LogP contribution in [0, 0.1) is 0 Å². The van der Waals surface area contributed by atoms with E-state index in [1.807, 2.05) is 71.6 Å². The summed E-state index contributed by atoms with van der Waals surface area (Å²) >= 11 is 0. The highest BCUT2D eigenvalue weighted by Crippen LogP contribution is 2.17. The second-order valence-corrected chi connectivity index (χ2v) is 6.99. The van der Waals surface area contributed by atoms with Gasteiger partial charge in [-0.3, -0.25) is 9.69 Å². The van der Waals surface area contributed by atoms with Crippen molar-refractivity contribution in [3.8, 4) is 5.69 Å². The Morgan fingerprint density at radius 3 is 2.46 bits per heavy atom. The first-order valence-corrected chi connectivity index (χ1v) is 9.69. The van der Waals surface area contributed by atoms with E-state index in [1.54, 1.807) is 0 Å². The number of hydrogen-bond donors (Lipinski definition) is 1. The molecule has 2 heterocycles. The second kappa shape index (κ2) is 8.87. The van der Waals surface area contributed by atoms with Crippen LogP contribution in [0.4, 0.5) is 0 Å². The van der Waals surface area contributed by atoms with Crippen LogP contribution in [0.1, 0.15) is 22.0 Å². The van der Waals surface area contributed by atoms with Crippen molar-refractivity contribution in [2.24, 2.45) is 0 Å². The molecule has 5 nitrogen and oxygen atoms in total. The highest BCUT2D eigenvalue weighted by molar-refractivity contribution is 5.95. The molecule has 1 aliphatic heterocycles. The fraction of sp³-hybridized carbons (Fsp3) is 0.261. The maximum atomic E-state index is 13.0. The molecule has 1 fully saturated rings. The van der Waals surface area contributed by atoms with Gasteiger partial charge in [-0.2, -0.15) is 0 Å². The summed E-state index contributed by atoms with van der Waals surface area (Å²) in [7, 11) is 0. The number of amides is 1. The highest BCUT2D eigenvalue weighted by atomic mass is 16.5. The van der Waals surface area contributed by atoms with Crippen LogP contribution in [-0.4, -0.2) is 48.2 Å². The van der Waals surface area contributed by atoms with Crippen LogP contribution in [0.3, 0.4) is 0 Å². The van der Waals surface area contributed by atoms with E-state index in [0.29, 0.717) is 5.56 Å². The van der Waals surface area contributed by atoms with E-state index in [0.717, 1.165) is 44.1 Å². The lowest BCUT2D eigenvalue weighted by molar-refractivity contribution is 0.0332. The van der Waals surface area contributed by atoms with Crippen molar-refractivity contribution in [2.75, 3.05) is 32.8 Å². The Hall–Kier alpha value is -2.89.